The van der Waals surface area contributed by atoms with Crippen LogP contribution in [0.15, 0.2) is 18.2 Å². The first-order valence-electron chi connectivity index (χ1n) is 6.24. The van der Waals surface area contributed by atoms with Crippen LogP contribution in [0.1, 0.15) is 31.9 Å². The van der Waals surface area contributed by atoms with Gasteiger partial charge in [0.25, 0.3) is 0 Å². The van der Waals surface area contributed by atoms with E-state index < -0.39 is 0 Å². The summed E-state index contributed by atoms with van der Waals surface area (Å²) in [6.07, 6.45) is 3.14. The molecule has 1 aromatic rings. The summed E-state index contributed by atoms with van der Waals surface area (Å²) >= 11 is 1.82. The molecule has 0 radical (unpaired) electrons. The molecule has 4 heteroatoms. The summed E-state index contributed by atoms with van der Waals surface area (Å²) in [6, 6.07) is 5.46. The van der Waals surface area contributed by atoms with Crippen LogP contribution in [0.25, 0.3) is 0 Å². The van der Waals surface area contributed by atoms with Crippen LogP contribution in [0.3, 0.4) is 0 Å². The van der Waals surface area contributed by atoms with Crippen molar-refractivity contribution < 1.29 is 4.39 Å². The summed E-state index contributed by atoms with van der Waals surface area (Å²) in [5.41, 5.74) is 7.23. The molecule has 18 heavy (non-hydrogen) atoms. The van der Waals surface area contributed by atoms with Crippen molar-refractivity contribution in [1.29, 1.82) is 0 Å². The molecule has 2 atom stereocenters. The van der Waals surface area contributed by atoms with Crippen LogP contribution in [0, 0.1) is 5.82 Å². The van der Waals surface area contributed by atoms with Gasteiger partial charge in [-0.2, -0.15) is 11.8 Å². The lowest BCUT2D eigenvalue weighted by atomic mass is 10.1. The Morgan fingerprint density at radius 1 is 1.39 bits per heavy atom. The first-order valence-corrected chi connectivity index (χ1v) is 7.63. The minimum Gasteiger partial charge on any atom is -0.369 e. The highest BCUT2D eigenvalue weighted by Gasteiger charge is 2.14. The van der Waals surface area contributed by atoms with Gasteiger partial charge in [0.1, 0.15) is 5.82 Å². The van der Waals surface area contributed by atoms with Gasteiger partial charge in [-0.1, -0.05) is 6.07 Å². The topological polar surface area (TPSA) is 29.3 Å². The van der Waals surface area contributed by atoms with Crippen LogP contribution in [0.2, 0.25) is 0 Å². The fourth-order valence-corrected chi connectivity index (χ4v) is 2.39. The standard InChI is InChI=1S/C14H23FN2S/c1-10(7-8-18-4)17(3)14-6-5-12(11(2)16)9-13(14)15/h5-6,9-11H,7-8,16H2,1-4H3/t10?,11-/m0/s1. The highest BCUT2D eigenvalue weighted by Crippen LogP contribution is 2.24. The van der Waals surface area contributed by atoms with E-state index in [0.717, 1.165) is 17.7 Å². The first kappa shape index (κ1) is 15.3. The summed E-state index contributed by atoms with van der Waals surface area (Å²) < 4.78 is 14.0. The van der Waals surface area contributed by atoms with Gasteiger partial charge in [-0.05, 0) is 50.0 Å². The highest BCUT2D eigenvalue weighted by molar-refractivity contribution is 7.98. The number of hydrogen-bond donors (Lipinski definition) is 1. The van der Waals surface area contributed by atoms with Crippen molar-refractivity contribution in [2.45, 2.75) is 32.4 Å². The summed E-state index contributed by atoms with van der Waals surface area (Å²) in [5, 5.41) is 0. The van der Waals surface area contributed by atoms with E-state index in [0.29, 0.717) is 11.7 Å². The summed E-state index contributed by atoms with van der Waals surface area (Å²) in [6.45, 7) is 3.98. The fourth-order valence-electron chi connectivity index (χ4n) is 1.81. The van der Waals surface area contributed by atoms with Crippen LogP contribution in [0.4, 0.5) is 10.1 Å². The Balaban J connectivity index is 2.82. The third-order valence-corrected chi connectivity index (χ3v) is 3.92. The van der Waals surface area contributed by atoms with Gasteiger partial charge < -0.3 is 10.6 Å². The first-order chi connectivity index (χ1) is 8.47. The Kier molecular flexibility index (Phi) is 5.96. The Labute approximate surface area is 114 Å². The van der Waals surface area contributed by atoms with Crippen molar-refractivity contribution in [3.8, 4) is 0 Å². The molecular weight excluding hydrogens is 247 g/mol. The van der Waals surface area contributed by atoms with E-state index in [9.17, 15) is 4.39 Å². The number of benzene rings is 1. The van der Waals surface area contributed by atoms with E-state index in [-0.39, 0.29) is 11.9 Å². The van der Waals surface area contributed by atoms with Crippen LogP contribution in [0.5, 0.6) is 0 Å². The Bertz CT molecular complexity index is 382. The second kappa shape index (κ2) is 7.00. The van der Waals surface area contributed by atoms with E-state index in [2.05, 4.69) is 13.2 Å². The Morgan fingerprint density at radius 2 is 2.06 bits per heavy atom. The molecule has 0 aliphatic heterocycles. The molecular formula is C14H23FN2S. The maximum absolute atomic E-state index is 14.0. The van der Waals surface area contributed by atoms with Gasteiger partial charge in [0.05, 0.1) is 5.69 Å². The van der Waals surface area contributed by atoms with Crippen molar-refractivity contribution in [3.63, 3.8) is 0 Å². The Morgan fingerprint density at radius 3 is 2.56 bits per heavy atom. The molecule has 0 spiro atoms. The zero-order valence-electron chi connectivity index (χ0n) is 11.6. The number of halogens is 1. The van der Waals surface area contributed by atoms with E-state index in [4.69, 9.17) is 5.73 Å². The third-order valence-electron chi connectivity index (χ3n) is 3.28. The maximum atomic E-state index is 14.0. The minimum atomic E-state index is -0.191. The van der Waals surface area contributed by atoms with Gasteiger partial charge in [0.2, 0.25) is 0 Å². The number of nitrogens with zero attached hydrogens (tertiary/aromatic N) is 1. The number of hydrogen-bond acceptors (Lipinski definition) is 3. The second-order valence-electron chi connectivity index (χ2n) is 4.74. The van der Waals surface area contributed by atoms with E-state index >= 15 is 0 Å². The molecule has 0 aliphatic rings. The quantitative estimate of drug-likeness (QED) is 0.859. The van der Waals surface area contributed by atoms with Crippen molar-refractivity contribution in [2.24, 2.45) is 5.73 Å². The molecule has 1 rings (SSSR count). The molecule has 0 amide bonds. The second-order valence-corrected chi connectivity index (χ2v) is 5.73. The van der Waals surface area contributed by atoms with Crippen molar-refractivity contribution in [1.82, 2.24) is 0 Å². The molecule has 0 aliphatic carbocycles. The van der Waals surface area contributed by atoms with E-state index in [1.165, 1.54) is 6.07 Å². The fraction of sp³-hybridized carbons (Fsp3) is 0.571. The molecule has 0 aromatic heterocycles. The SMILES string of the molecule is CSCCC(C)N(C)c1ccc([C@H](C)N)cc1F. The third kappa shape index (κ3) is 3.89. The summed E-state index contributed by atoms with van der Waals surface area (Å²) in [7, 11) is 1.94. The van der Waals surface area contributed by atoms with Crippen LogP contribution in [-0.2, 0) is 0 Å². The lowest BCUT2D eigenvalue weighted by Crippen LogP contribution is -2.30. The maximum Gasteiger partial charge on any atom is 0.146 e. The molecule has 102 valence electrons. The van der Waals surface area contributed by atoms with E-state index in [1.807, 2.05) is 42.8 Å². The minimum absolute atomic E-state index is 0.132. The molecule has 2 N–H and O–H groups in total. The predicted octanol–water partition coefficient (Wildman–Crippen LogP) is 3.42. The van der Waals surface area contributed by atoms with Crippen molar-refractivity contribution >= 4 is 17.4 Å². The predicted molar refractivity (Wildman–Crippen MR) is 79.9 cm³/mol. The largest absolute Gasteiger partial charge is 0.369 e. The molecule has 0 bridgehead atoms. The molecule has 2 nitrogen and oxygen atoms in total. The summed E-state index contributed by atoms with van der Waals surface area (Å²) in [4.78, 5) is 2.00. The molecule has 1 aromatic carbocycles. The van der Waals surface area contributed by atoms with Crippen molar-refractivity contribution in [3.05, 3.63) is 29.6 Å². The number of anilines is 1. The molecule has 1 unspecified atom stereocenters. The van der Waals surface area contributed by atoms with Gasteiger partial charge in [0, 0.05) is 19.1 Å². The summed E-state index contributed by atoms with van der Waals surface area (Å²) in [5.74, 6) is 0.897. The molecule has 0 heterocycles. The van der Waals surface area contributed by atoms with Crippen LogP contribution < -0.4 is 10.6 Å². The van der Waals surface area contributed by atoms with Gasteiger partial charge in [-0.25, -0.2) is 4.39 Å². The monoisotopic (exact) mass is 270 g/mol. The van der Waals surface area contributed by atoms with Gasteiger partial charge in [0.15, 0.2) is 0 Å². The molecule has 0 saturated carbocycles. The number of nitrogens with two attached hydrogens (primary N) is 1. The van der Waals surface area contributed by atoms with E-state index in [1.54, 1.807) is 0 Å². The van der Waals surface area contributed by atoms with Crippen molar-refractivity contribution in [2.75, 3.05) is 24.0 Å². The zero-order chi connectivity index (χ0) is 13.7. The average molecular weight is 270 g/mol. The average Bonchev–Trinajstić information content (AvgIpc) is 2.34. The lowest BCUT2D eigenvalue weighted by Gasteiger charge is -2.27. The van der Waals surface area contributed by atoms with Crippen LogP contribution in [-0.4, -0.2) is 25.1 Å². The number of rotatable bonds is 6. The molecule has 0 saturated heterocycles. The van der Waals surface area contributed by atoms with Gasteiger partial charge in [-0.3, -0.25) is 0 Å². The smallest absolute Gasteiger partial charge is 0.146 e. The number of thioether (sulfide) groups is 1. The molecule has 0 fully saturated rings. The zero-order valence-corrected chi connectivity index (χ0v) is 12.4. The van der Waals surface area contributed by atoms with Gasteiger partial charge in [-0.15, -0.1) is 0 Å². The highest BCUT2D eigenvalue weighted by atomic mass is 32.2. The van der Waals surface area contributed by atoms with Crippen LogP contribution >= 0.6 is 11.8 Å². The Hall–Kier alpha value is -0.740. The van der Waals surface area contributed by atoms with Gasteiger partial charge >= 0.3 is 0 Å². The lowest BCUT2D eigenvalue weighted by molar-refractivity contribution is 0.597. The normalized spacial score (nSPS) is 14.3.